The highest BCUT2D eigenvalue weighted by Gasteiger charge is 2.11. The predicted molar refractivity (Wildman–Crippen MR) is 100 cm³/mol. The maximum absolute atomic E-state index is 12.0. The molecule has 0 aliphatic carbocycles. The molecule has 0 saturated carbocycles. The molecule has 0 atom stereocenters. The van der Waals surface area contributed by atoms with Crippen LogP contribution in [0.4, 0.5) is 17.1 Å². The summed E-state index contributed by atoms with van der Waals surface area (Å²) in [7, 11) is 0. The van der Waals surface area contributed by atoms with Crippen LogP contribution >= 0.6 is 0 Å². The summed E-state index contributed by atoms with van der Waals surface area (Å²) in [5.74, 6) is -0.296. The zero-order valence-electron chi connectivity index (χ0n) is 14.1. The molecule has 0 unspecified atom stereocenters. The summed E-state index contributed by atoms with van der Waals surface area (Å²) < 4.78 is 5.34. The largest absolute Gasteiger partial charge is 0.378 e. The molecule has 134 valence electrons. The highest BCUT2D eigenvalue weighted by molar-refractivity contribution is 6.02. The average Bonchev–Trinajstić information content (AvgIpc) is 2.68. The van der Waals surface area contributed by atoms with E-state index in [0.29, 0.717) is 11.3 Å². The van der Waals surface area contributed by atoms with Crippen LogP contribution in [0.25, 0.3) is 6.08 Å². The molecule has 1 aliphatic rings. The molecule has 2 aromatic rings. The highest BCUT2D eigenvalue weighted by Crippen LogP contribution is 2.19. The molecule has 1 heterocycles. The molecule has 0 aromatic heterocycles. The number of hydrogen-bond donors (Lipinski definition) is 1. The SMILES string of the molecule is O=C(C=Cc1cccc([N+](=O)[O-])c1)Nc1ccc(N2CCOCC2)cc1. The van der Waals surface area contributed by atoms with Crippen LogP contribution in [0.15, 0.2) is 54.6 Å². The number of carbonyl (C=O) groups excluding carboxylic acids is 1. The maximum atomic E-state index is 12.0. The number of nitro groups is 1. The van der Waals surface area contributed by atoms with Gasteiger partial charge in [0.25, 0.3) is 5.69 Å². The lowest BCUT2D eigenvalue weighted by atomic mass is 10.2. The Kier molecular flexibility index (Phi) is 5.60. The fourth-order valence-electron chi connectivity index (χ4n) is 2.67. The van der Waals surface area contributed by atoms with E-state index in [0.717, 1.165) is 32.0 Å². The van der Waals surface area contributed by atoms with Crippen molar-refractivity contribution in [3.05, 3.63) is 70.3 Å². The molecule has 1 aliphatic heterocycles. The second kappa shape index (κ2) is 8.26. The van der Waals surface area contributed by atoms with Crippen molar-refractivity contribution in [2.45, 2.75) is 0 Å². The van der Waals surface area contributed by atoms with Gasteiger partial charge in [-0.2, -0.15) is 0 Å². The minimum absolute atomic E-state index is 0.00809. The van der Waals surface area contributed by atoms with Gasteiger partial charge in [-0.15, -0.1) is 0 Å². The number of carbonyl (C=O) groups is 1. The first-order valence-corrected chi connectivity index (χ1v) is 8.28. The summed E-state index contributed by atoms with van der Waals surface area (Å²) in [5.41, 5.74) is 2.37. The molecule has 0 bridgehead atoms. The van der Waals surface area contributed by atoms with E-state index in [9.17, 15) is 14.9 Å². The molecule has 0 radical (unpaired) electrons. The fraction of sp³-hybridized carbons (Fsp3) is 0.211. The van der Waals surface area contributed by atoms with E-state index in [-0.39, 0.29) is 11.6 Å². The van der Waals surface area contributed by atoms with Crippen LogP contribution in [0.1, 0.15) is 5.56 Å². The van der Waals surface area contributed by atoms with Crippen molar-refractivity contribution in [2.24, 2.45) is 0 Å². The summed E-state index contributed by atoms with van der Waals surface area (Å²) in [4.78, 5) is 24.6. The van der Waals surface area contributed by atoms with Crippen LogP contribution in [-0.4, -0.2) is 37.1 Å². The highest BCUT2D eigenvalue weighted by atomic mass is 16.6. The van der Waals surface area contributed by atoms with Crippen molar-refractivity contribution in [2.75, 3.05) is 36.5 Å². The molecule has 1 saturated heterocycles. The first-order valence-electron chi connectivity index (χ1n) is 8.28. The Morgan fingerprint density at radius 2 is 1.88 bits per heavy atom. The zero-order chi connectivity index (χ0) is 18.4. The molecule has 0 spiro atoms. The van der Waals surface area contributed by atoms with Crippen molar-refractivity contribution in [3.8, 4) is 0 Å². The number of nitrogens with zero attached hydrogens (tertiary/aromatic N) is 2. The van der Waals surface area contributed by atoms with Crippen LogP contribution in [-0.2, 0) is 9.53 Å². The van der Waals surface area contributed by atoms with Gasteiger partial charge in [-0.25, -0.2) is 0 Å². The number of non-ortho nitro benzene ring substituents is 1. The molecule has 7 heteroatoms. The first kappa shape index (κ1) is 17.6. The normalized spacial score (nSPS) is 14.4. The molecular weight excluding hydrogens is 334 g/mol. The van der Waals surface area contributed by atoms with Crippen molar-refractivity contribution >= 4 is 29.0 Å². The summed E-state index contributed by atoms with van der Waals surface area (Å²) in [5, 5.41) is 13.5. The Labute approximate surface area is 151 Å². The van der Waals surface area contributed by atoms with Gasteiger partial charge in [-0.1, -0.05) is 12.1 Å². The second-order valence-electron chi connectivity index (χ2n) is 5.82. The molecule has 3 rings (SSSR count). The summed E-state index contributed by atoms with van der Waals surface area (Å²) >= 11 is 0. The van der Waals surface area contributed by atoms with Gasteiger partial charge in [0.05, 0.1) is 18.1 Å². The van der Waals surface area contributed by atoms with Crippen LogP contribution in [0.3, 0.4) is 0 Å². The lowest BCUT2D eigenvalue weighted by Crippen LogP contribution is -2.36. The van der Waals surface area contributed by atoms with Crippen molar-refractivity contribution in [1.82, 2.24) is 0 Å². The van der Waals surface area contributed by atoms with E-state index in [1.165, 1.54) is 18.2 Å². The van der Waals surface area contributed by atoms with Crippen molar-refractivity contribution in [3.63, 3.8) is 0 Å². The Morgan fingerprint density at radius 1 is 1.15 bits per heavy atom. The van der Waals surface area contributed by atoms with E-state index in [1.807, 2.05) is 24.3 Å². The van der Waals surface area contributed by atoms with Crippen molar-refractivity contribution < 1.29 is 14.5 Å². The minimum Gasteiger partial charge on any atom is -0.378 e. The van der Waals surface area contributed by atoms with E-state index in [1.54, 1.807) is 18.2 Å². The molecule has 2 aromatic carbocycles. The molecule has 1 amide bonds. The number of anilines is 2. The summed E-state index contributed by atoms with van der Waals surface area (Å²) in [6.45, 7) is 3.16. The van der Waals surface area contributed by atoms with Crippen LogP contribution < -0.4 is 10.2 Å². The Morgan fingerprint density at radius 3 is 2.58 bits per heavy atom. The van der Waals surface area contributed by atoms with Gasteiger partial charge in [0, 0.05) is 42.7 Å². The van der Waals surface area contributed by atoms with Crippen LogP contribution in [0, 0.1) is 10.1 Å². The molecule has 1 fully saturated rings. The third kappa shape index (κ3) is 4.67. The van der Waals surface area contributed by atoms with Crippen LogP contribution in [0.5, 0.6) is 0 Å². The Balaban J connectivity index is 1.59. The lowest BCUT2D eigenvalue weighted by Gasteiger charge is -2.28. The number of benzene rings is 2. The number of morpholine rings is 1. The summed E-state index contributed by atoms with van der Waals surface area (Å²) in [6.07, 6.45) is 2.90. The van der Waals surface area contributed by atoms with Crippen LogP contribution in [0.2, 0.25) is 0 Å². The van der Waals surface area contributed by atoms with Gasteiger partial charge < -0.3 is 15.0 Å². The number of amides is 1. The average molecular weight is 353 g/mol. The predicted octanol–water partition coefficient (Wildman–Crippen LogP) is 3.08. The topological polar surface area (TPSA) is 84.7 Å². The third-order valence-electron chi connectivity index (χ3n) is 4.02. The minimum atomic E-state index is -0.465. The van der Waals surface area contributed by atoms with Crippen molar-refractivity contribution in [1.29, 1.82) is 0 Å². The quantitative estimate of drug-likeness (QED) is 0.507. The molecule has 1 N–H and O–H groups in total. The fourth-order valence-corrected chi connectivity index (χ4v) is 2.67. The maximum Gasteiger partial charge on any atom is 0.270 e. The standard InChI is InChI=1S/C19H19N3O4/c23-19(9-4-15-2-1-3-18(14-15)22(24)25)20-16-5-7-17(8-6-16)21-10-12-26-13-11-21/h1-9,14H,10-13H2,(H,20,23). The molecule has 26 heavy (non-hydrogen) atoms. The van der Waals surface area contributed by atoms with Gasteiger partial charge in [0.15, 0.2) is 0 Å². The molecule has 7 nitrogen and oxygen atoms in total. The second-order valence-corrected chi connectivity index (χ2v) is 5.82. The van der Waals surface area contributed by atoms with E-state index in [4.69, 9.17) is 4.74 Å². The van der Waals surface area contributed by atoms with Gasteiger partial charge in [-0.05, 0) is 35.9 Å². The number of nitro benzene ring substituents is 1. The lowest BCUT2D eigenvalue weighted by molar-refractivity contribution is -0.384. The number of rotatable bonds is 5. The van der Waals surface area contributed by atoms with E-state index < -0.39 is 4.92 Å². The van der Waals surface area contributed by atoms with Gasteiger partial charge in [0.2, 0.25) is 5.91 Å². The number of hydrogen-bond acceptors (Lipinski definition) is 5. The first-order chi connectivity index (χ1) is 12.6. The van der Waals surface area contributed by atoms with Gasteiger partial charge >= 0.3 is 0 Å². The van der Waals surface area contributed by atoms with E-state index in [2.05, 4.69) is 10.2 Å². The summed E-state index contributed by atoms with van der Waals surface area (Å²) in [6, 6.07) is 13.7. The molecular formula is C19H19N3O4. The smallest absolute Gasteiger partial charge is 0.270 e. The zero-order valence-corrected chi connectivity index (χ0v) is 14.1. The number of nitrogens with one attached hydrogen (secondary N) is 1. The Hall–Kier alpha value is -3.19. The Bertz CT molecular complexity index is 812. The van der Waals surface area contributed by atoms with E-state index >= 15 is 0 Å². The monoisotopic (exact) mass is 353 g/mol. The van der Waals surface area contributed by atoms with Gasteiger partial charge in [-0.3, -0.25) is 14.9 Å². The number of ether oxygens (including phenoxy) is 1. The third-order valence-corrected chi connectivity index (χ3v) is 4.02. The van der Waals surface area contributed by atoms with Gasteiger partial charge in [0.1, 0.15) is 0 Å².